The summed E-state index contributed by atoms with van der Waals surface area (Å²) in [4.78, 5) is 36.4. The van der Waals surface area contributed by atoms with E-state index in [9.17, 15) is 9.59 Å². The van der Waals surface area contributed by atoms with Crippen LogP contribution in [0.2, 0.25) is 0 Å². The maximum absolute atomic E-state index is 12.3. The number of aromatic nitrogens is 2. The van der Waals surface area contributed by atoms with E-state index in [2.05, 4.69) is 20.2 Å². The van der Waals surface area contributed by atoms with Gasteiger partial charge in [0.05, 0.1) is 0 Å². The van der Waals surface area contributed by atoms with Crippen LogP contribution in [-0.2, 0) is 16.1 Å². The molecule has 3 rings (SSSR count). The lowest BCUT2D eigenvalue weighted by atomic mass is 10.2. The van der Waals surface area contributed by atoms with Crippen molar-refractivity contribution in [1.29, 1.82) is 0 Å². The van der Waals surface area contributed by atoms with Crippen LogP contribution in [0, 0.1) is 0 Å². The quantitative estimate of drug-likeness (QED) is 0.817. The van der Waals surface area contributed by atoms with Gasteiger partial charge in [0.1, 0.15) is 12.2 Å². The lowest BCUT2D eigenvalue weighted by Crippen LogP contribution is -2.49. The van der Waals surface area contributed by atoms with Crippen LogP contribution >= 0.6 is 0 Å². The van der Waals surface area contributed by atoms with Crippen molar-refractivity contribution in [3.8, 4) is 0 Å². The Morgan fingerprint density at radius 2 is 1.88 bits per heavy atom. The van der Waals surface area contributed by atoms with Gasteiger partial charge in [0.2, 0.25) is 11.8 Å². The van der Waals surface area contributed by atoms with Crippen molar-refractivity contribution in [1.82, 2.24) is 20.2 Å². The molecule has 1 N–H and O–H groups in total. The van der Waals surface area contributed by atoms with E-state index in [1.54, 1.807) is 23.5 Å². The standard InChI is InChI=1S/C18H21N5O2/c24-17(21-14-15-4-3-6-19-13-15)12-18(25)23-10-8-22(9-11-23)16-5-1-2-7-20-16/h1-7,13H,8-12,14H2,(H,21,24). The fourth-order valence-electron chi connectivity index (χ4n) is 2.74. The van der Waals surface area contributed by atoms with Crippen molar-refractivity contribution < 1.29 is 9.59 Å². The van der Waals surface area contributed by atoms with Gasteiger partial charge in [-0.15, -0.1) is 0 Å². The van der Waals surface area contributed by atoms with Crippen LogP contribution < -0.4 is 10.2 Å². The third kappa shape index (κ3) is 4.76. The second kappa shape index (κ2) is 8.23. The molecule has 0 spiro atoms. The van der Waals surface area contributed by atoms with E-state index in [1.165, 1.54) is 0 Å². The number of hydrogen-bond donors (Lipinski definition) is 1. The number of piperazine rings is 1. The van der Waals surface area contributed by atoms with Crippen LogP contribution in [0.5, 0.6) is 0 Å². The van der Waals surface area contributed by atoms with Gasteiger partial charge in [-0.3, -0.25) is 14.6 Å². The Labute approximate surface area is 146 Å². The Hall–Kier alpha value is -2.96. The van der Waals surface area contributed by atoms with Crippen LogP contribution in [0.15, 0.2) is 48.9 Å². The summed E-state index contributed by atoms with van der Waals surface area (Å²) in [6, 6.07) is 9.49. The summed E-state index contributed by atoms with van der Waals surface area (Å²) >= 11 is 0. The van der Waals surface area contributed by atoms with E-state index in [0.717, 1.165) is 24.5 Å². The van der Waals surface area contributed by atoms with Crippen LogP contribution in [0.1, 0.15) is 12.0 Å². The summed E-state index contributed by atoms with van der Waals surface area (Å²) in [5.74, 6) is 0.522. The molecule has 25 heavy (non-hydrogen) atoms. The summed E-state index contributed by atoms with van der Waals surface area (Å²) < 4.78 is 0. The molecule has 0 aromatic carbocycles. The van der Waals surface area contributed by atoms with Crippen molar-refractivity contribution in [2.45, 2.75) is 13.0 Å². The molecule has 0 saturated carbocycles. The van der Waals surface area contributed by atoms with E-state index in [1.807, 2.05) is 30.3 Å². The van der Waals surface area contributed by atoms with Crippen molar-refractivity contribution in [3.63, 3.8) is 0 Å². The molecule has 1 saturated heterocycles. The Bertz CT molecular complexity index is 700. The number of anilines is 1. The fraction of sp³-hybridized carbons (Fsp3) is 0.333. The van der Waals surface area contributed by atoms with Gasteiger partial charge < -0.3 is 15.1 Å². The number of pyridine rings is 2. The topological polar surface area (TPSA) is 78.4 Å². The van der Waals surface area contributed by atoms with E-state index in [4.69, 9.17) is 0 Å². The summed E-state index contributed by atoms with van der Waals surface area (Å²) in [7, 11) is 0. The molecule has 1 aliphatic heterocycles. The highest BCUT2D eigenvalue weighted by molar-refractivity contribution is 5.96. The first-order valence-electron chi connectivity index (χ1n) is 8.32. The monoisotopic (exact) mass is 339 g/mol. The second-order valence-corrected chi connectivity index (χ2v) is 5.87. The third-order valence-corrected chi connectivity index (χ3v) is 4.13. The first-order chi connectivity index (χ1) is 12.2. The summed E-state index contributed by atoms with van der Waals surface area (Å²) in [6.45, 7) is 3.03. The normalized spacial score (nSPS) is 14.2. The number of carbonyl (C=O) groups is 2. The van der Waals surface area contributed by atoms with Gasteiger partial charge in [-0.25, -0.2) is 4.98 Å². The van der Waals surface area contributed by atoms with Crippen molar-refractivity contribution in [3.05, 3.63) is 54.5 Å². The zero-order valence-corrected chi connectivity index (χ0v) is 14.0. The van der Waals surface area contributed by atoms with Gasteiger partial charge in [0.25, 0.3) is 0 Å². The smallest absolute Gasteiger partial charge is 0.232 e. The molecular weight excluding hydrogens is 318 g/mol. The fourth-order valence-corrected chi connectivity index (χ4v) is 2.74. The van der Waals surface area contributed by atoms with E-state index < -0.39 is 0 Å². The second-order valence-electron chi connectivity index (χ2n) is 5.87. The predicted molar refractivity (Wildman–Crippen MR) is 93.7 cm³/mol. The minimum atomic E-state index is -0.263. The van der Waals surface area contributed by atoms with Crippen molar-refractivity contribution >= 4 is 17.6 Å². The predicted octanol–water partition coefficient (Wildman–Crippen LogP) is 0.832. The number of rotatable bonds is 5. The highest BCUT2D eigenvalue weighted by atomic mass is 16.2. The van der Waals surface area contributed by atoms with Crippen LogP contribution in [0.25, 0.3) is 0 Å². The minimum Gasteiger partial charge on any atom is -0.353 e. The Balaban J connectivity index is 1.42. The Morgan fingerprint density at radius 3 is 2.56 bits per heavy atom. The zero-order valence-electron chi connectivity index (χ0n) is 14.0. The number of amides is 2. The third-order valence-electron chi connectivity index (χ3n) is 4.13. The van der Waals surface area contributed by atoms with Gasteiger partial charge in [-0.1, -0.05) is 12.1 Å². The molecule has 2 aromatic heterocycles. The van der Waals surface area contributed by atoms with Gasteiger partial charge in [0.15, 0.2) is 0 Å². The summed E-state index contributed by atoms with van der Waals surface area (Å²) in [5.41, 5.74) is 0.910. The van der Waals surface area contributed by atoms with Gasteiger partial charge in [-0.2, -0.15) is 0 Å². The largest absolute Gasteiger partial charge is 0.353 e. The number of hydrogen-bond acceptors (Lipinski definition) is 5. The molecule has 3 heterocycles. The zero-order chi connectivity index (χ0) is 17.5. The number of carbonyl (C=O) groups excluding carboxylic acids is 2. The molecule has 1 fully saturated rings. The van der Waals surface area contributed by atoms with Crippen molar-refractivity contribution in [2.24, 2.45) is 0 Å². The first-order valence-corrected chi connectivity index (χ1v) is 8.32. The molecule has 7 heteroatoms. The molecular formula is C18H21N5O2. The SMILES string of the molecule is O=C(CC(=O)N1CCN(c2ccccn2)CC1)NCc1cccnc1. The number of nitrogens with one attached hydrogen (secondary N) is 1. The van der Waals surface area contributed by atoms with Crippen LogP contribution in [-0.4, -0.2) is 52.9 Å². The molecule has 7 nitrogen and oxygen atoms in total. The van der Waals surface area contributed by atoms with E-state index >= 15 is 0 Å². The molecule has 0 bridgehead atoms. The van der Waals surface area contributed by atoms with Gasteiger partial charge in [-0.05, 0) is 23.8 Å². The number of nitrogens with zero attached hydrogens (tertiary/aromatic N) is 4. The van der Waals surface area contributed by atoms with Crippen LogP contribution in [0.4, 0.5) is 5.82 Å². The lowest BCUT2D eigenvalue weighted by molar-refractivity contribution is -0.136. The molecule has 130 valence electrons. The molecule has 2 amide bonds. The Kier molecular flexibility index (Phi) is 5.56. The maximum Gasteiger partial charge on any atom is 0.232 e. The average molecular weight is 339 g/mol. The lowest BCUT2D eigenvalue weighted by Gasteiger charge is -2.35. The maximum atomic E-state index is 12.3. The molecule has 1 aliphatic rings. The average Bonchev–Trinajstić information content (AvgIpc) is 2.68. The summed E-state index contributed by atoms with van der Waals surface area (Å²) in [6.07, 6.45) is 5.02. The molecule has 0 aliphatic carbocycles. The molecule has 0 atom stereocenters. The van der Waals surface area contributed by atoms with Crippen LogP contribution in [0.3, 0.4) is 0 Å². The molecule has 0 unspecified atom stereocenters. The Morgan fingerprint density at radius 1 is 1.04 bits per heavy atom. The van der Waals surface area contributed by atoms with Gasteiger partial charge >= 0.3 is 0 Å². The highest BCUT2D eigenvalue weighted by Gasteiger charge is 2.23. The molecule has 0 radical (unpaired) electrons. The van der Waals surface area contributed by atoms with E-state index in [-0.39, 0.29) is 18.2 Å². The van der Waals surface area contributed by atoms with Gasteiger partial charge in [0, 0.05) is 51.3 Å². The minimum absolute atomic E-state index is 0.121. The highest BCUT2D eigenvalue weighted by Crippen LogP contribution is 2.13. The van der Waals surface area contributed by atoms with Crippen molar-refractivity contribution in [2.75, 3.05) is 31.1 Å². The first kappa shape index (κ1) is 16.9. The molecule has 2 aromatic rings. The summed E-state index contributed by atoms with van der Waals surface area (Å²) in [5, 5.41) is 2.76. The van der Waals surface area contributed by atoms with E-state index in [0.29, 0.717) is 19.6 Å².